The summed E-state index contributed by atoms with van der Waals surface area (Å²) < 4.78 is 36.9. The number of hydrogen-bond donors (Lipinski definition) is 1. The molecule has 3 nitrogen and oxygen atoms in total. The first-order valence-corrected chi connectivity index (χ1v) is 4.03. The standard InChI is InChI=1S/C9H5F3N2O/c10-9(11,12)5-1-2-6-7(3-5)14-13-4-8(6)15/h1-4H,(H,14,15). The van der Waals surface area contributed by atoms with Crippen LogP contribution in [-0.4, -0.2) is 10.2 Å². The second kappa shape index (κ2) is 3.08. The third-order valence-electron chi connectivity index (χ3n) is 1.98. The lowest BCUT2D eigenvalue weighted by Gasteiger charge is -2.06. The van der Waals surface area contributed by atoms with E-state index in [1.54, 1.807) is 0 Å². The first-order chi connectivity index (χ1) is 6.98. The van der Waals surface area contributed by atoms with E-state index in [0.29, 0.717) is 0 Å². The predicted octanol–water partition coefficient (Wildman–Crippen LogP) is 1.94. The van der Waals surface area contributed by atoms with E-state index in [0.717, 1.165) is 24.4 Å². The molecular weight excluding hydrogens is 209 g/mol. The number of H-pyrrole nitrogens is 1. The summed E-state index contributed by atoms with van der Waals surface area (Å²) in [6, 6.07) is 2.87. The summed E-state index contributed by atoms with van der Waals surface area (Å²) in [6.07, 6.45) is -3.39. The molecule has 1 aromatic heterocycles. The van der Waals surface area contributed by atoms with E-state index in [1.165, 1.54) is 0 Å². The number of rotatable bonds is 0. The summed E-state index contributed by atoms with van der Waals surface area (Å²) in [5.74, 6) is 0. The second-order valence-electron chi connectivity index (χ2n) is 2.99. The van der Waals surface area contributed by atoms with E-state index >= 15 is 0 Å². The SMILES string of the molecule is O=c1cn[nH]c2cc(C(F)(F)F)ccc12. The van der Waals surface area contributed by atoms with Gasteiger partial charge in [-0.15, -0.1) is 0 Å². The molecule has 0 amide bonds. The number of benzene rings is 1. The van der Waals surface area contributed by atoms with E-state index in [-0.39, 0.29) is 10.9 Å². The Kier molecular flexibility index (Phi) is 1.99. The summed E-state index contributed by atoms with van der Waals surface area (Å²) in [6.45, 7) is 0. The largest absolute Gasteiger partial charge is 0.416 e. The molecule has 0 radical (unpaired) electrons. The highest BCUT2D eigenvalue weighted by Gasteiger charge is 2.30. The Labute approximate surface area is 81.5 Å². The molecule has 0 saturated heterocycles. The van der Waals surface area contributed by atoms with Crippen molar-refractivity contribution in [2.24, 2.45) is 0 Å². The maximum absolute atomic E-state index is 12.3. The van der Waals surface area contributed by atoms with Crippen LogP contribution in [0.1, 0.15) is 5.56 Å². The van der Waals surface area contributed by atoms with Gasteiger partial charge in [-0.1, -0.05) is 0 Å². The van der Waals surface area contributed by atoms with Crippen molar-refractivity contribution in [1.82, 2.24) is 10.2 Å². The van der Waals surface area contributed by atoms with Gasteiger partial charge >= 0.3 is 6.18 Å². The van der Waals surface area contributed by atoms with Gasteiger partial charge in [0.2, 0.25) is 5.43 Å². The molecule has 0 saturated carbocycles. The van der Waals surface area contributed by atoms with Crippen molar-refractivity contribution in [2.75, 3.05) is 0 Å². The Balaban J connectivity index is 2.73. The predicted molar refractivity (Wildman–Crippen MR) is 47.4 cm³/mol. The van der Waals surface area contributed by atoms with E-state index < -0.39 is 17.2 Å². The van der Waals surface area contributed by atoms with Gasteiger partial charge in [-0.3, -0.25) is 9.89 Å². The minimum Gasteiger partial charge on any atom is -0.287 e. The number of hydrogen-bond acceptors (Lipinski definition) is 2. The lowest BCUT2D eigenvalue weighted by atomic mass is 10.1. The average molecular weight is 214 g/mol. The van der Waals surface area contributed by atoms with Gasteiger partial charge in [0, 0.05) is 5.39 Å². The van der Waals surface area contributed by atoms with Crippen molar-refractivity contribution in [1.29, 1.82) is 0 Å². The molecule has 0 spiro atoms. The zero-order valence-electron chi connectivity index (χ0n) is 7.30. The summed E-state index contributed by atoms with van der Waals surface area (Å²) >= 11 is 0. The zero-order chi connectivity index (χ0) is 11.1. The first-order valence-electron chi connectivity index (χ1n) is 4.03. The van der Waals surface area contributed by atoms with Crippen LogP contribution < -0.4 is 5.43 Å². The summed E-state index contributed by atoms with van der Waals surface area (Å²) in [5, 5.41) is 5.98. The fraction of sp³-hybridized carbons (Fsp3) is 0.111. The molecule has 0 fully saturated rings. The molecule has 0 aliphatic carbocycles. The van der Waals surface area contributed by atoms with Gasteiger partial charge in [-0.05, 0) is 18.2 Å². The highest BCUT2D eigenvalue weighted by atomic mass is 19.4. The van der Waals surface area contributed by atoms with E-state index in [4.69, 9.17) is 0 Å². The van der Waals surface area contributed by atoms with E-state index in [2.05, 4.69) is 10.2 Å². The molecule has 15 heavy (non-hydrogen) atoms. The molecule has 0 aliphatic rings. The van der Waals surface area contributed by atoms with Gasteiger partial charge in [0.1, 0.15) is 0 Å². The monoisotopic (exact) mass is 214 g/mol. The topological polar surface area (TPSA) is 45.8 Å². The van der Waals surface area contributed by atoms with Crippen molar-refractivity contribution in [3.05, 3.63) is 40.2 Å². The first kappa shape index (κ1) is 9.70. The molecule has 6 heteroatoms. The Morgan fingerprint density at radius 1 is 1.27 bits per heavy atom. The zero-order valence-corrected chi connectivity index (χ0v) is 7.30. The van der Waals surface area contributed by atoms with Crippen LogP contribution in [0.2, 0.25) is 0 Å². The molecule has 2 rings (SSSR count). The third-order valence-corrected chi connectivity index (χ3v) is 1.98. The molecule has 0 unspecified atom stereocenters. The second-order valence-corrected chi connectivity index (χ2v) is 2.99. The lowest BCUT2D eigenvalue weighted by Crippen LogP contribution is -2.07. The molecule has 1 N–H and O–H groups in total. The molecule has 78 valence electrons. The van der Waals surface area contributed by atoms with E-state index in [1.807, 2.05) is 0 Å². The number of nitrogens with one attached hydrogen (secondary N) is 1. The molecule has 0 bridgehead atoms. The Morgan fingerprint density at radius 2 is 2.00 bits per heavy atom. The number of fused-ring (bicyclic) bond motifs is 1. The van der Waals surface area contributed by atoms with Crippen molar-refractivity contribution in [3.8, 4) is 0 Å². The number of aromatic amines is 1. The maximum atomic E-state index is 12.3. The molecular formula is C9H5F3N2O. The van der Waals surface area contributed by atoms with Crippen molar-refractivity contribution in [3.63, 3.8) is 0 Å². The Morgan fingerprint density at radius 3 is 2.67 bits per heavy atom. The number of halogens is 3. The molecule has 0 atom stereocenters. The van der Waals surface area contributed by atoms with Crippen LogP contribution in [0, 0.1) is 0 Å². The molecule has 0 aliphatic heterocycles. The number of aromatic nitrogens is 2. The third kappa shape index (κ3) is 1.70. The van der Waals surface area contributed by atoms with Gasteiger partial charge in [0.15, 0.2) is 0 Å². The quantitative estimate of drug-likeness (QED) is 0.728. The van der Waals surface area contributed by atoms with Crippen molar-refractivity contribution >= 4 is 10.9 Å². The van der Waals surface area contributed by atoms with Gasteiger partial charge in [0.05, 0.1) is 17.3 Å². The van der Waals surface area contributed by atoms with Crippen LogP contribution in [-0.2, 0) is 6.18 Å². The van der Waals surface area contributed by atoms with Crippen LogP contribution in [0.4, 0.5) is 13.2 Å². The minimum absolute atomic E-state index is 0.0809. The van der Waals surface area contributed by atoms with Crippen molar-refractivity contribution in [2.45, 2.75) is 6.18 Å². The van der Waals surface area contributed by atoms with Crippen LogP contribution >= 0.6 is 0 Å². The van der Waals surface area contributed by atoms with E-state index in [9.17, 15) is 18.0 Å². The minimum atomic E-state index is -4.42. The highest BCUT2D eigenvalue weighted by Crippen LogP contribution is 2.30. The van der Waals surface area contributed by atoms with Crippen LogP contribution in [0.15, 0.2) is 29.2 Å². The molecule has 2 aromatic rings. The lowest BCUT2D eigenvalue weighted by molar-refractivity contribution is -0.137. The molecule has 1 aromatic carbocycles. The van der Waals surface area contributed by atoms with Gasteiger partial charge in [-0.2, -0.15) is 18.3 Å². The summed E-state index contributed by atoms with van der Waals surface area (Å²) in [7, 11) is 0. The number of nitrogens with zero attached hydrogens (tertiary/aromatic N) is 1. The van der Waals surface area contributed by atoms with Gasteiger partial charge < -0.3 is 0 Å². The van der Waals surface area contributed by atoms with Crippen molar-refractivity contribution < 1.29 is 13.2 Å². The Bertz CT molecular complexity index is 559. The smallest absolute Gasteiger partial charge is 0.287 e. The maximum Gasteiger partial charge on any atom is 0.416 e. The van der Waals surface area contributed by atoms with Crippen LogP contribution in [0.25, 0.3) is 10.9 Å². The van der Waals surface area contributed by atoms with Crippen LogP contribution in [0.5, 0.6) is 0 Å². The number of alkyl halides is 3. The summed E-state index contributed by atoms with van der Waals surface area (Å²) in [4.78, 5) is 11.2. The molecule has 1 heterocycles. The fourth-order valence-electron chi connectivity index (χ4n) is 1.26. The highest BCUT2D eigenvalue weighted by molar-refractivity contribution is 5.78. The average Bonchev–Trinajstić information content (AvgIpc) is 2.16. The Hall–Kier alpha value is -1.85. The fourth-order valence-corrected chi connectivity index (χ4v) is 1.26. The summed E-state index contributed by atoms with van der Waals surface area (Å²) in [5.41, 5.74) is -1.13. The van der Waals surface area contributed by atoms with Crippen LogP contribution in [0.3, 0.4) is 0 Å². The van der Waals surface area contributed by atoms with Gasteiger partial charge in [-0.25, -0.2) is 0 Å². The normalized spacial score (nSPS) is 11.9. The van der Waals surface area contributed by atoms with Gasteiger partial charge in [0.25, 0.3) is 0 Å².